The number of fused-ring (bicyclic) bond motifs is 1. The second-order valence-electron chi connectivity index (χ2n) is 2.79. The van der Waals surface area contributed by atoms with Crippen LogP contribution in [-0.4, -0.2) is 0 Å². The van der Waals surface area contributed by atoms with E-state index in [-0.39, 0.29) is 0 Å². The summed E-state index contributed by atoms with van der Waals surface area (Å²) in [6.45, 7) is 19.7. The summed E-state index contributed by atoms with van der Waals surface area (Å²) in [6.07, 6.45) is 1.75. The standard InChI is InChI=1S/C11H10O.2C2H6.C2H4/c1-3-10-8(2)9-6-4-5-7-11(9)12-10;3*1-2/h3-7H,1H2,2H3;2*1-2H3;1-2H2. The predicted molar refractivity (Wildman–Crippen MR) is 85.0 cm³/mol. The lowest BCUT2D eigenvalue weighted by molar-refractivity contribution is 0.601. The van der Waals surface area contributed by atoms with E-state index in [2.05, 4.69) is 25.8 Å². The van der Waals surface area contributed by atoms with Crippen molar-refractivity contribution in [2.75, 3.05) is 0 Å². The summed E-state index contributed by atoms with van der Waals surface area (Å²) in [6, 6.07) is 8.01. The number of hydrogen-bond donors (Lipinski definition) is 0. The third-order valence-corrected chi connectivity index (χ3v) is 2.07. The van der Waals surface area contributed by atoms with Crippen molar-refractivity contribution >= 4 is 17.0 Å². The van der Waals surface area contributed by atoms with E-state index in [1.54, 1.807) is 6.08 Å². The average molecular weight is 246 g/mol. The van der Waals surface area contributed by atoms with Gasteiger partial charge in [0.05, 0.1) is 0 Å². The summed E-state index contributed by atoms with van der Waals surface area (Å²) >= 11 is 0. The van der Waals surface area contributed by atoms with Crippen LogP contribution in [0.15, 0.2) is 48.4 Å². The van der Waals surface area contributed by atoms with E-state index in [0.717, 1.165) is 11.3 Å². The molecular formula is C17H26O. The van der Waals surface area contributed by atoms with Gasteiger partial charge in [-0.05, 0) is 19.1 Å². The lowest BCUT2D eigenvalue weighted by Gasteiger charge is -1.85. The lowest BCUT2D eigenvalue weighted by atomic mass is 10.1. The molecule has 0 radical (unpaired) electrons. The van der Waals surface area contributed by atoms with Crippen LogP contribution in [-0.2, 0) is 0 Å². The highest BCUT2D eigenvalue weighted by atomic mass is 16.3. The zero-order valence-electron chi connectivity index (χ0n) is 12.4. The van der Waals surface area contributed by atoms with Gasteiger partial charge in [-0.15, -0.1) is 13.2 Å². The van der Waals surface area contributed by atoms with Crippen LogP contribution in [0.25, 0.3) is 17.0 Å². The molecule has 0 spiro atoms. The van der Waals surface area contributed by atoms with Crippen molar-refractivity contribution in [1.29, 1.82) is 0 Å². The van der Waals surface area contributed by atoms with Crippen molar-refractivity contribution in [1.82, 2.24) is 0 Å². The van der Waals surface area contributed by atoms with Gasteiger partial charge in [-0.1, -0.05) is 52.5 Å². The maximum atomic E-state index is 5.53. The highest BCUT2D eigenvalue weighted by molar-refractivity contribution is 5.83. The number of benzene rings is 1. The second-order valence-corrected chi connectivity index (χ2v) is 2.79. The number of rotatable bonds is 1. The predicted octanol–water partition coefficient (Wildman–Crippen LogP) is 6.24. The summed E-state index contributed by atoms with van der Waals surface area (Å²) in [7, 11) is 0. The molecule has 0 atom stereocenters. The molecule has 1 aromatic carbocycles. The average Bonchev–Trinajstić information content (AvgIpc) is 2.82. The highest BCUT2D eigenvalue weighted by Crippen LogP contribution is 2.25. The molecule has 100 valence electrons. The Balaban J connectivity index is 0. The van der Waals surface area contributed by atoms with Crippen LogP contribution in [0.1, 0.15) is 39.0 Å². The molecule has 0 aliphatic heterocycles. The largest absolute Gasteiger partial charge is 0.456 e. The van der Waals surface area contributed by atoms with E-state index in [9.17, 15) is 0 Å². The minimum Gasteiger partial charge on any atom is -0.456 e. The van der Waals surface area contributed by atoms with Crippen LogP contribution in [0.4, 0.5) is 0 Å². The first kappa shape index (κ1) is 18.6. The van der Waals surface area contributed by atoms with E-state index < -0.39 is 0 Å². The van der Waals surface area contributed by atoms with Crippen molar-refractivity contribution in [2.45, 2.75) is 34.6 Å². The molecule has 0 bridgehead atoms. The summed E-state index contributed by atoms with van der Waals surface area (Å²) in [5.41, 5.74) is 2.10. The quantitative estimate of drug-likeness (QED) is 0.543. The smallest absolute Gasteiger partial charge is 0.135 e. The monoisotopic (exact) mass is 246 g/mol. The Kier molecular flexibility index (Phi) is 12.1. The van der Waals surface area contributed by atoms with Crippen LogP contribution >= 0.6 is 0 Å². The Labute approximate surface area is 112 Å². The first-order valence-electron chi connectivity index (χ1n) is 6.43. The third kappa shape index (κ3) is 4.62. The maximum Gasteiger partial charge on any atom is 0.135 e. The Morgan fingerprint density at radius 2 is 1.50 bits per heavy atom. The lowest BCUT2D eigenvalue weighted by Crippen LogP contribution is -1.69. The molecule has 1 heteroatoms. The molecule has 1 aromatic heterocycles. The number of aryl methyl sites for hydroxylation is 1. The second kappa shape index (κ2) is 11.7. The van der Waals surface area contributed by atoms with E-state index in [1.807, 2.05) is 52.8 Å². The molecular weight excluding hydrogens is 220 g/mol. The van der Waals surface area contributed by atoms with Gasteiger partial charge in [0.25, 0.3) is 0 Å². The van der Waals surface area contributed by atoms with Gasteiger partial charge in [0.15, 0.2) is 0 Å². The molecule has 1 heterocycles. The fraction of sp³-hybridized carbons (Fsp3) is 0.294. The molecule has 18 heavy (non-hydrogen) atoms. The Morgan fingerprint density at radius 3 is 1.94 bits per heavy atom. The summed E-state index contributed by atoms with van der Waals surface area (Å²) < 4.78 is 5.53. The molecule has 0 saturated carbocycles. The minimum atomic E-state index is 0.871. The maximum absolute atomic E-state index is 5.53. The van der Waals surface area contributed by atoms with Gasteiger partial charge >= 0.3 is 0 Å². The van der Waals surface area contributed by atoms with Gasteiger partial charge in [0, 0.05) is 10.9 Å². The van der Waals surface area contributed by atoms with Crippen LogP contribution in [0, 0.1) is 6.92 Å². The van der Waals surface area contributed by atoms with Gasteiger partial charge in [0.2, 0.25) is 0 Å². The van der Waals surface area contributed by atoms with E-state index in [1.165, 1.54) is 10.9 Å². The first-order chi connectivity index (χ1) is 8.83. The summed E-state index contributed by atoms with van der Waals surface area (Å²) in [5, 5.41) is 1.17. The van der Waals surface area contributed by atoms with Crippen molar-refractivity contribution < 1.29 is 4.42 Å². The molecule has 2 rings (SSSR count). The van der Waals surface area contributed by atoms with Crippen molar-refractivity contribution in [3.63, 3.8) is 0 Å². The molecule has 0 aliphatic rings. The third-order valence-electron chi connectivity index (χ3n) is 2.07. The molecule has 0 amide bonds. The molecule has 0 aliphatic carbocycles. The van der Waals surface area contributed by atoms with E-state index in [0.29, 0.717) is 0 Å². The van der Waals surface area contributed by atoms with Gasteiger partial charge < -0.3 is 4.42 Å². The Hall–Kier alpha value is -1.76. The van der Waals surface area contributed by atoms with Crippen molar-refractivity contribution in [3.8, 4) is 0 Å². The zero-order chi connectivity index (χ0) is 14.6. The topological polar surface area (TPSA) is 13.1 Å². The molecule has 1 nitrogen and oxygen atoms in total. The number of para-hydroxylation sites is 1. The minimum absolute atomic E-state index is 0.871. The molecule has 2 aromatic rings. The van der Waals surface area contributed by atoms with Crippen LogP contribution < -0.4 is 0 Å². The van der Waals surface area contributed by atoms with Gasteiger partial charge in [-0.3, -0.25) is 0 Å². The fourth-order valence-corrected chi connectivity index (χ4v) is 1.39. The van der Waals surface area contributed by atoms with Crippen LogP contribution in [0.2, 0.25) is 0 Å². The Morgan fingerprint density at radius 1 is 1.00 bits per heavy atom. The van der Waals surface area contributed by atoms with Crippen LogP contribution in [0.3, 0.4) is 0 Å². The molecule has 0 saturated heterocycles. The van der Waals surface area contributed by atoms with Crippen molar-refractivity contribution in [3.05, 3.63) is 55.3 Å². The van der Waals surface area contributed by atoms with E-state index in [4.69, 9.17) is 4.42 Å². The number of hydrogen-bond acceptors (Lipinski definition) is 1. The zero-order valence-corrected chi connectivity index (χ0v) is 12.4. The Bertz CT molecular complexity index is 438. The molecule has 0 N–H and O–H groups in total. The highest BCUT2D eigenvalue weighted by Gasteiger charge is 2.05. The summed E-state index contributed by atoms with van der Waals surface area (Å²) in [4.78, 5) is 0. The van der Waals surface area contributed by atoms with Gasteiger partial charge in [-0.2, -0.15) is 0 Å². The number of furan rings is 1. The van der Waals surface area contributed by atoms with Gasteiger partial charge in [0.1, 0.15) is 11.3 Å². The van der Waals surface area contributed by atoms with Crippen molar-refractivity contribution in [2.24, 2.45) is 0 Å². The summed E-state index contributed by atoms with van der Waals surface area (Å²) in [5.74, 6) is 0.871. The van der Waals surface area contributed by atoms with Crippen LogP contribution in [0.5, 0.6) is 0 Å². The SMILES string of the molecule is C=C.C=Cc1oc2ccccc2c1C.CC.CC. The first-order valence-corrected chi connectivity index (χ1v) is 6.43. The molecule has 0 unspecified atom stereocenters. The fourth-order valence-electron chi connectivity index (χ4n) is 1.39. The normalized spacial score (nSPS) is 7.83. The van der Waals surface area contributed by atoms with Gasteiger partial charge in [-0.25, -0.2) is 0 Å². The van der Waals surface area contributed by atoms with E-state index >= 15 is 0 Å². The molecule has 0 fully saturated rings.